The van der Waals surface area contributed by atoms with Crippen molar-refractivity contribution in [1.29, 1.82) is 0 Å². The molecule has 0 saturated carbocycles. The highest BCUT2D eigenvalue weighted by Crippen LogP contribution is 2.26. The second kappa shape index (κ2) is 11.0. The summed E-state index contributed by atoms with van der Waals surface area (Å²) in [6.07, 6.45) is -0.264. The SMILES string of the molecule is COc1ccc(CC(=O)NN2C(=S)N(c3ccccc3)C(=O)[C@H]2CC(=O)Nc2ccc(F)cc2)cc1. The van der Waals surface area contributed by atoms with Crippen LogP contribution in [0.15, 0.2) is 78.9 Å². The number of hydrogen-bond acceptors (Lipinski definition) is 5. The maximum Gasteiger partial charge on any atom is 0.258 e. The molecular formula is C26H23FN4O4S. The standard InChI is InChI=1S/C26H23FN4O4S/c1-35-21-13-7-17(8-14-21)15-24(33)29-31-22(16-23(32)28-19-11-9-18(27)10-12-19)25(34)30(26(31)36)20-5-3-2-4-6-20/h2-14,22H,15-16H2,1H3,(H,28,32)(H,29,33)/t22-/m1/s1. The molecule has 1 saturated heterocycles. The molecule has 1 aliphatic heterocycles. The third-order valence-electron chi connectivity index (χ3n) is 5.50. The zero-order valence-corrected chi connectivity index (χ0v) is 20.1. The van der Waals surface area contributed by atoms with E-state index in [0.29, 0.717) is 17.1 Å². The number of carbonyl (C=O) groups excluding carboxylic acids is 3. The molecule has 0 aliphatic carbocycles. The van der Waals surface area contributed by atoms with Crippen molar-refractivity contribution in [3.8, 4) is 5.75 Å². The van der Waals surface area contributed by atoms with Crippen molar-refractivity contribution >= 4 is 46.4 Å². The highest BCUT2D eigenvalue weighted by Gasteiger charge is 2.45. The summed E-state index contributed by atoms with van der Waals surface area (Å²) in [4.78, 5) is 40.3. The minimum absolute atomic E-state index is 0.0249. The van der Waals surface area contributed by atoms with E-state index >= 15 is 0 Å². The minimum atomic E-state index is -1.07. The van der Waals surface area contributed by atoms with Crippen LogP contribution in [0.1, 0.15) is 12.0 Å². The number of thiocarbonyl (C=S) groups is 1. The van der Waals surface area contributed by atoms with Crippen molar-refractivity contribution in [1.82, 2.24) is 10.4 Å². The molecule has 3 aromatic rings. The van der Waals surface area contributed by atoms with Gasteiger partial charge < -0.3 is 10.1 Å². The Hall–Kier alpha value is -4.31. The van der Waals surface area contributed by atoms with E-state index in [2.05, 4.69) is 10.7 Å². The van der Waals surface area contributed by atoms with Gasteiger partial charge in [0.15, 0.2) is 0 Å². The third-order valence-corrected chi connectivity index (χ3v) is 5.88. The van der Waals surface area contributed by atoms with Crippen LogP contribution < -0.4 is 20.4 Å². The molecule has 0 unspecified atom stereocenters. The number of nitrogens with one attached hydrogen (secondary N) is 2. The first-order valence-corrected chi connectivity index (χ1v) is 11.5. The number of nitrogens with zero attached hydrogens (tertiary/aromatic N) is 2. The second-order valence-electron chi connectivity index (χ2n) is 8.00. The number of amides is 3. The van der Waals surface area contributed by atoms with Gasteiger partial charge in [0.25, 0.3) is 5.91 Å². The predicted octanol–water partition coefficient (Wildman–Crippen LogP) is 3.44. The Bertz CT molecular complexity index is 1270. The number of hydrogen-bond donors (Lipinski definition) is 2. The molecule has 3 amide bonds. The predicted molar refractivity (Wildman–Crippen MR) is 137 cm³/mol. The molecular weight excluding hydrogens is 483 g/mol. The Kier molecular flexibility index (Phi) is 7.55. The Balaban J connectivity index is 1.52. The Morgan fingerprint density at radius 1 is 0.972 bits per heavy atom. The number of methoxy groups -OCH3 is 1. The van der Waals surface area contributed by atoms with Crippen LogP contribution in [0, 0.1) is 5.82 Å². The lowest BCUT2D eigenvalue weighted by Gasteiger charge is -2.24. The van der Waals surface area contributed by atoms with Crippen molar-refractivity contribution in [2.45, 2.75) is 18.9 Å². The molecule has 3 aromatic carbocycles. The monoisotopic (exact) mass is 506 g/mol. The van der Waals surface area contributed by atoms with Crippen LogP contribution in [0.3, 0.4) is 0 Å². The molecule has 184 valence electrons. The largest absolute Gasteiger partial charge is 0.497 e. The first kappa shape index (κ1) is 24.8. The summed E-state index contributed by atoms with van der Waals surface area (Å²) in [5.74, 6) is -1.13. The fourth-order valence-electron chi connectivity index (χ4n) is 3.74. The molecule has 1 fully saturated rings. The maximum atomic E-state index is 13.4. The van der Waals surface area contributed by atoms with Gasteiger partial charge in [-0.05, 0) is 66.3 Å². The summed E-state index contributed by atoms with van der Waals surface area (Å²) in [7, 11) is 1.55. The molecule has 0 aromatic heterocycles. The Labute approximate surface area is 212 Å². The molecule has 2 N–H and O–H groups in total. The topological polar surface area (TPSA) is 91.0 Å². The van der Waals surface area contributed by atoms with Crippen LogP contribution in [-0.4, -0.2) is 41.0 Å². The number of halogens is 1. The number of para-hydroxylation sites is 1. The van der Waals surface area contributed by atoms with Crippen LogP contribution >= 0.6 is 12.2 Å². The zero-order valence-electron chi connectivity index (χ0n) is 19.3. The summed E-state index contributed by atoms with van der Waals surface area (Å²) in [5.41, 5.74) is 4.32. The average molecular weight is 507 g/mol. The van der Waals surface area contributed by atoms with Gasteiger partial charge in [-0.2, -0.15) is 0 Å². The van der Waals surface area contributed by atoms with Crippen LogP contribution in [0.2, 0.25) is 0 Å². The van der Waals surface area contributed by atoms with Crippen molar-refractivity contribution in [3.63, 3.8) is 0 Å². The van der Waals surface area contributed by atoms with Gasteiger partial charge in [0.05, 0.1) is 25.6 Å². The summed E-state index contributed by atoms with van der Waals surface area (Å²) in [6, 6.07) is 19.9. The molecule has 4 rings (SSSR count). The molecule has 8 nitrogen and oxygen atoms in total. The molecule has 1 atom stereocenters. The number of anilines is 2. The van der Waals surface area contributed by atoms with E-state index in [-0.39, 0.29) is 18.0 Å². The van der Waals surface area contributed by atoms with Crippen LogP contribution in [0.25, 0.3) is 0 Å². The summed E-state index contributed by atoms with van der Waals surface area (Å²) >= 11 is 5.54. The number of carbonyl (C=O) groups is 3. The van der Waals surface area contributed by atoms with Crippen LogP contribution in [0.4, 0.5) is 15.8 Å². The van der Waals surface area contributed by atoms with Gasteiger partial charge >= 0.3 is 0 Å². The van der Waals surface area contributed by atoms with Gasteiger partial charge in [-0.25, -0.2) is 9.40 Å². The van der Waals surface area contributed by atoms with Gasteiger partial charge in [0.1, 0.15) is 17.6 Å². The van der Waals surface area contributed by atoms with Crippen molar-refractivity contribution < 1.29 is 23.5 Å². The molecule has 10 heteroatoms. The summed E-state index contributed by atoms with van der Waals surface area (Å²) in [5, 5.41) is 3.94. The second-order valence-corrected chi connectivity index (χ2v) is 8.36. The average Bonchev–Trinajstić information content (AvgIpc) is 3.10. The lowest BCUT2D eigenvalue weighted by atomic mass is 10.1. The van der Waals surface area contributed by atoms with E-state index in [1.165, 1.54) is 34.2 Å². The number of benzene rings is 3. The summed E-state index contributed by atoms with van der Waals surface area (Å²) < 4.78 is 18.3. The van der Waals surface area contributed by atoms with E-state index in [0.717, 1.165) is 5.56 Å². The van der Waals surface area contributed by atoms with Gasteiger partial charge in [-0.1, -0.05) is 30.3 Å². The molecule has 0 spiro atoms. The third kappa shape index (κ3) is 5.66. The molecule has 0 radical (unpaired) electrons. The fraction of sp³-hybridized carbons (Fsp3) is 0.154. The van der Waals surface area contributed by atoms with E-state index in [4.69, 9.17) is 17.0 Å². The number of rotatable bonds is 8. The Morgan fingerprint density at radius 3 is 2.28 bits per heavy atom. The first-order valence-electron chi connectivity index (χ1n) is 11.1. The fourth-order valence-corrected chi connectivity index (χ4v) is 4.11. The lowest BCUT2D eigenvalue weighted by molar-refractivity contribution is -0.128. The van der Waals surface area contributed by atoms with Crippen LogP contribution in [0.5, 0.6) is 5.75 Å². The van der Waals surface area contributed by atoms with E-state index < -0.39 is 29.6 Å². The van der Waals surface area contributed by atoms with Crippen LogP contribution in [-0.2, 0) is 20.8 Å². The van der Waals surface area contributed by atoms with E-state index in [9.17, 15) is 18.8 Å². The van der Waals surface area contributed by atoms with E-state index in [1.54, 1.807) is 61.7 Å². The maximum absolute atomic E-state index is 13.4. The summed E-state index contributed by atoms with van der Waals surface area (Å²) in [6.45, 7) is 0. The van der Waals surface area contributed by atoms with Crippen molar-refractivity contribution in [2.75, 3.05) is 17.3 Å². The number of ether oxygens (including phenoxy) is 1. The lowest BCUT2D eigenvalue weighted by Crippen LogP contribution is -2.50. The van der Waals surface area contributed by atoms with Crippen molar-refractivity contribution in [2.24, 2.45) is 0 Å². The smallest absolute Gasteiger partial charge is 0.258 e. The quantitative estimate of drug-likeness (QED) is 0.455. The van der Waals surface area contributed by atoms with Gasteiger partial charge in [0, 0.05) is 5.69 Å². The number of hydrazine groups is 1. The first-order chi connectivity index (χ1) is 17.4. The minimum Gasteiger partial charge on any atom is -0.497 e. The molecule has 1 heterocycles. The van der Waals surface area contributed by atoms with Crippen molar-refractivity contribution in [3.05, 3.63) is 90.2 Å². The van der Waals surface area contributed by atoms with E-state index in [1.807, 2.05) is 0 Å². The van der Waals surface area contributed by atoms with Gasteiger partial charge in [-0.15, -0.1) is 0 Å². The molecule has 0 bridgehead atoms. The Morgan fingerprint density at radius 2 is 1.64 bits per heavy atom. The van der Waals surface area contributed by atoms with Gasteiger partial charge in [0.2, 0.25) is 16.9 Å². The van der Waals surface area contributed by atoms with Gasteiger partial charge in [-0.3, -0.25) is 24.7 Å². The molecule has 36 heavy (non-hydrogen) atoms. The normalized spacial score (nSPS) is 15.1. The highest BCUT2D eigenvalue weighted by molar-refractivity contribution is 7.80. The molecule has 1 aliphatic rings. The highest BCUT2D eigenvalue weighted by atomic mass is 32.1. The zero-order chi connectivity index (χ0) is 25.7.